The molecule has 6 heteroatoms. The minimum atomic E-state index is 0.623. The van der Waals surface area contributed by atoms with E-state index in [1.807, 2.05) is 24.3 Å². The van der Waals surface area contributed by atoms with E-state index in [9.17, 15) is 0 Å². The molecule has 0 fully saturated rings. The van der Waals surface area contributed by atoms with Crippen LogP contribution >= 0.6 is 0 Å². The lowest BCUT2D eigenvalue weighted by atomic mass is 10.1. The second kappa shape index (κ2) is 3.82. The Hall–Kier alpha value is -2.50. The average molecular weight is 227 g/mol. The second-order valence-electron chi connectivity index (χ2n) is 3.49. The van der Waals surface area contributed by atoms with Gasteiger partial charge in [-0.3, -0.25) is 4.98 Å². The van der Waals surface area contributed by atoms with Gasteiger partial charge in [0, 0.05) is 17.1 Å². The fraction of sp³-hybridized carbons (Fsp3) is 0.0909. The maximum atomic E-state index is 5.30. The molecular weight excluding hydrogens is 218 g/mol. The standard InChI is InChI=1S/C11H9N5O/c1-17-10-4-5-12-9-3-2-7(6-8(9)10)11-13-15-16-14-11/h2-6H,1H3,(H,13,14,15,16). The van der Waals surface area contributed by atoms with Crippen molar-refractivity contribution in [2.75, 3.05) is 7.11 Å². The van der Waals surface area contributed by atoms with Crippen LogP contribution in [-0.4, -0.2) is 32.7 Å². The van der Waals surface area contributed by atoms with Crippen molar-refractivity contribution < 1.29 is 4.74 Å². The normalized spacial score (nSPS) is 10.6. The third kappa shape index (κ3) is 1.59. The van der Waals surface area contributed by atoms with Crippen molar-refractivity contribution in [3.63, 3.8) is 0 Å². The molecule has 0 aliphatic carbocycles. The van der Waals surface area contributed by atoms with Gasteiger partial charge in [-0.25, -0.2) is 5.10 Å². The number of aromatic amines is 1. The first-order chi connectivity index (χ1) is 8.38. The number of fused-ring (bicyclic) bond motifs is 1. The number of hydrogen-bond donors (Lipinski definition) is 1. The van der Waals surface area contributed by atoms with Gasteiger partial charge < -0.3 is 4.74 Å². The van der Waals surface area contributed by atoms with Gasteiger partial charge in [-0.05, 0) is 34.7 Å². The molecule has 0 bridgehead atoms. The fourth-order valence-electron chi connectivity index (χ4n) is 1.73. The molecule has 0 saturated carbocycles. The summed E-state index contributed by atoms with van der Waals surface area (Å²) in [4.78, 5) is 4.27. The third-order valence-corrected chi connectivity index (χ3v) is 2.54. The summed E-state index contributed by atoms with van der Waals surface area (Å²) in [6.07, 6.45) is 1.72. The molecule has 6 nitrogen and oxygen atoms in total. The molecule has 3 rings (SSSR count). The zero-order valence-corrected chi connectivity index (χ0v) is 9.08. The zero-order valence-electron chi connectivity index (χ0n) is 9.08. The highest BCUT2D eigenvalue weighted by molar-refractivity contribution is 5.88. The van der Waals surface area contributed by atoms with Crippen molar-refractivity contribution in [2.24, 2.45) is 0 Å². The van der Waals surface area contributed by atoms with Crippen LogP contribution < -0.4 is 4.74 Å². The van der Waals surface area contributed by atoms with E-state index < -0.39 is 0 Å². The van der Waals surface area contributed by atoms with Gasteiger partial charge >= 0.3 is 0 Å². The summed E-state index contributed by atoms with van der Waals surface area (Å²) >= 11 is 0. The maximum absolute atomic E-state index is 5.30. The van der Waals surface area contributed by atoms with Crippen LogP contribution in [0.4, 0.5) is 0 Å². The van der Waals surface area contributed by atoms with Crippen molar-refractivity contribution in [2.45, 2.75) is 0 Å². The van der Waals surface area contributed by atoms with Gasteiger partial charge in [0.2, 0.25) is 0 Å². The molecule has 3 aromatic rings. The Labute approximate surface area is 96.6 Å². The van der Waals surface area contributed by atoms with Gasteiger partial charge in [-0.2, -0.15) is 0 Å². The van der Waals surface area contributed by atoms with Gasteiger partial charge in [0.1, 0.15) is 5.75 Å². The van der Waals surface area contributed by atoms with Crippen molar-refractivity contribution in [3.8, 4) is 17.1 Å². The summed E-state index contributed by atoms with van der Waals surface area (Å²) in [7, 11) is 1.64. The van der Waals surface area contributed by atoms with E-state index in [4.69, 9.17) is 4.74 Å². The third-order valence-electron chi connectivity index (χ3n) is 2.54. The van der Waals surface area contributed by atoms with Crippen LogP contribution in [0, 0.1) is 0 Å². The second-order valence-corrected chi connectivity index (χ2v) is 3.49. The Morgan fingerprint density at radius 3 is 2.94 bits per heavy atom. The van der Waals surface area contributed by atoms with Crippen LogP contribution in [0.15, 0.2) is 30.5 Å². The largest absolute Gasteiger partial charge is 0.496 e. The van der Waals surface area contributed by atoms with E-state index in [0.717, 1.165) is 22.2 Å². The van der Waals surface area contributed by atoms with Crippen LogP contribution in [0.2, 0.25) is 0 Å². The number of aromatic nitrogens is 5. The predicted molar refractivity (Wildman–Crippen MR) is 61.5 cm³/mol. The van der Waals surface area contributed by atoms with Crippen LogP contribution in [0.5, 0.6) is 5.75 Å². The lowest BCUT2D eigenvalue weighted by molar-refractivity contribution is 0.419. The summed E-state index contributed by atoms with van der Waals surface area (Å²) in [5.41, 5.74) is 1.77. The smallest absolute Gasteiger partial charge is 0.179 e. The topological polar surface area (TPSA) is 76.6 Å². The summed E-state index contributed by atoms with van der Waals surface area (Å²) < 4.78 is 5.30. The van der Waals surface area contributed by atoms with Gasteiger partial charge in [0.05, 0.1) is 12.6 Å². The van der Waals surface area contributed by atoms with Crippen LogP contribution in [0.25, 0.3) is 22.3 Å². The molecule has 0 saturated heterocycles. The quantitative estimate of drug-likeness (QED) is 0.716. The van der Waals surface area contributed by atoms with E-state index in [-0.39, 0.29) is 0 Å². The molecule has 0 atom stereocenters. The summed E-state index contributed by atoms with van der Waals surface area (Å²) in [5, 5.41) is 14.6. The van der Waals surface area contributed by atoms with Crippen molar-refractivity contribution in [1.82, 2.24) is 25.6 Å². The Morgan fingerprint density at radius 1 is 1.24 bits per heavy atom. The average Bonchev–Trinajstić information content (AvgIpc) is 2.91. The minimum Gasteiger partial charge on any atom is -0.496 e. The van der Waals surface area contributed by atoms with E-state index in [1.165, 1.54) is 0 Å². The van der Waals surface area contributed by atoms with E-state index in [0.29, 0.717) is 5.82 Å². The molecule has 0 spiro atoms. The van der Waals surface area contributed by atoms with E-state index in [2.05, 4.69) is 25.6 Å². The number of tetrazole rings is 1. The maximum Gasteiger partial charge on any atom is 0.179 e. The molecule has 84 valence electrons. The highest BCUT2D eigenvalue weighted by atomic mass is 16.5. The first-order valence-electron chi connectivity index (χ1n) is 5.05. The molecule has 17 heavy (non-hydrogen) atoms. The Balaban J connectivity index is 2.24. The zero-order chi connectivity index (χ0) is 11.7. The van der Waals surface area contributed by atoms with Gasteiger partial charge in [0.15, 0.2) is 5.82 Å². The molecule has 1 N–H and O–H groups in total. The molecular formula is C11H9N5O. The van der Waals surface area contributed by atoms with Gasteiger partial charge in [0.25, 0.3) is 0 Å². The number of hydrogen-bond acceptors (Lipinski definition) is 5. The molecule has 2 heterocycles. The van der Waals surface area contributed by atoms with Gasteiger partial charge in [-0.15, -0.1) is 5.10 Å². The number of nitrogens with zero attached hydrogens (tertiary/aromatic N) is 4. The van der Waals surface area contributed by atoms with Crippen LogP contribution in [0.1, 0.15) is 0 Å². The summed E-state index contributed by atoms with van der Waals surface area (Å²) in [6, 6.07) is 7.60. The molecule has 2 aromatic heterocycles. The van der Waals surface area contributed by atoms with Crippen LogP contribution in [0.3, 0.4) is 0 Å². The molecule has 0 aliphatic rings. The fourth-order valence-corrected chi connectivity index (χ4v) is 1.73. The summed E-state index contributed by atoms with van der Waals surface area (Å²) in [5.74, 6) is 1.40. The number of methoxy groups -OCH3 is 1. The minimum absolute atomic E-state index is 0.623. The van der Waals surface area contributed by atoms with Crippen molar-refractivity contribution in [1.29, 1.82) is 0 Å². The predicted octanol–water partition coefficient (Wildman–Crippen LogP) is 1.42. The Bertz CT molecular complexity index is 650. The molecule has 1 aromatic carbocycles. The van der Waals surface area contributed by atoms with Crippen LogP contribution in [-0.2, 0) is 0 Å². The molecule has 0 amide bonds. The van der Waals surface area contributed by atoms with Crippen molar-refractivity contribution in [3.05, 3.63) is 30.5 Å². The van der Waals surface area contributed by atoms with E-state index >= 15 is 0 Å². The monoisotopic (exact) mass is 227 g/mol. The molecule has 0 unspecified atom stereocenters. The number of H-pyrrole nitrogens is 1. The number of benzene rings is 1. The number of nitrogens with one attached hydrogen (secondary N) is 1. The van der Waals surface area contributed by atoms with Crippen molar-refractivity contribution >= 4 is 10.9 Å². The Morgan fingerprint density at radius 2 is 2.18 bits per heavy atom. The first-order valence-corrected chi connectivity index (χ1v) is 5.05. The number of ether oxygens (including phenoxy) is 1. The number of pyridine rings is 1. The molecule has 0 aliphatic heterocycles. The highest BCUT2D eigenvalue weighted by Crippen LogP contribution is 2.27. The lowest BCUT2D eigenvalue weighted by Crippen LogP contribution is -1.88. The molecule has 0 radical (unpaired) electrons. The SMILES string of the molecule is COc1ccnc2ccc(-c3nnn[nH]3)cc12. The Kier molecular flexibility index (Phi) is 2.18. The van der Waals surface area contributed by atoms with Gasteiger partial charge in [-0.1, -0.05) is 0 Å². The summed E-state index contributed by atoms with van der Waals surface area (Å²) in [6.45, 7) is 0. The highest BCUT2D eigenvalue weighted by Gasteiger charge is 2.06. The first kappa shape index (κ1) is 9.71. The van der Waals surface area contributed by atoms with E-state index in [1.54, 1.807) is 13.3 Å². The lowest BCUT2D eigenvalue weighted by Gasteiger charge is -2.05. The number of rotatable bonds is 2.